The van der Waals surface area contributed by atoms with Crippen LogP contribution in [0.1, 0.15) is 25.6 Å². The van der Waals surface area contributed by atoms with Crippen molar-refractivity contribution >= 4 is 40.6 Å². The van der Waals surface area contributed by atoms with E-state index in [-0.39, 0.29) is 17.2 Å². The summed E-state index contributed by atoms with van der Waals surface area (Å²) in [6.45, 7) is 5.52. The van der Waals surface area contributed by atoms with Crippen molar-refractivity contribution in [3.8, 4) is 10.4 Å². The maximum Gasteiger partial charge on any atom is 0.266 e. The Morgan fingerprint density at radius 3 is 2.42 bits per heavy atom. The Labute approximate surface area is 158 Å². The number of carbonyl (C=O) groups excluding carboxylic acids is 1. The fourth-order valence-corrected chi connectivity index (χ4v) is 4.10. The SMILES string of the molecule is CC(C)(C)C(=O)/C=c1\[nH]c(=O)/c(=C\c2ccc(-c3ccc(F)cc3)s2)s1. The van der Waals surface area contributed by atoms with Crippen LogP contribution in [0.5, 0.6) is 0 Å². The van der Waals surface area contributed by atoms with Crippen molar-refractivity contribution in [1.29, 1.82) is 0 Å². The van der Waals surface area contributed by atoms with Crippen LogP contribution >= 0.6 is 22.7 Å². The molecule has 0 saturated carbocycles. The van der Waals surface area contributed by atoms with Gasteiger partial charge < -0.3 is 4.98 Å². The molecule has 0 aliphatic carbocycles. The number of halogens is 1. The van der Waals surface area contributed by atoms with Gasteiger partial charge in [0.25, 0.3) is 5.56 Å². The van der Waals surface area contributed by atoms with Crippen LogP contribution in [0.15, 0.2) is 41.2 Å². The standard InChI is InChI=1S/C20H18FNO2S2/c1-20(2,3)17(23)11-18-22-19(24)16(26-18)10-14-8-9-15(25-14)12-4-6-13(21)7-5-12/h4-11H,1-3H3,(H,22,24)/b16-10+,18-11+. The number of H-pyrrole nitrogens is 1. The molecule has 3 aromatic rings. The van der Waals surface area contributed by atoms with E-state index in [0.29, 0.717) is 9.20 Å². The zero-order valence-corrected chi connectivity index (χ0v) is 16.3. The van der Waals surface area contributed by atoms with Gasteiger partial charge in [0.15, 0.2) is 5.78 Å². The number of thiophene rings is 1. The minimum atomic E-state index is -0.484. The van der Waals surface area contributed by atoms with Gasteiger partial charge >= 0.3 is 0 Å². The van der Waals surface area contributed by atoms with Crippen molar-refractivity contribution in [1.82, 2.24) is 4.98 Å². The molecule has 0 aliphatic heterocycles. The molecule has 3 rings (SSSR count). The summed E-state index contributed by atoms with van der Waals surface area (Å²) < 4.78 is 14.1. The van der Waals surface area contributed by atoms with Crippen molar-refractivity contribution in [2.75, 3.05) is 0 Å². The fourth-order valence-electron chi connectivity index (χ4n) is 2.19. The number of thiazole rings is 1. The van der Waals surface area contributed by atoms with Crippen molar-refractivity contribution in [3.63, 3.8) is 0 Å². The highest BCUT2D eigenvalue weighted by atomic mass is 32.1. The number of ketones is 1. The molecule has 6 heteroatoms. The molecule has 2 aromatic heterocycles. The Kier molecular flexibility index (Phi) is 5.07. The summed E-state index contributed by atoms with van der Waals surface area (Å²) in [5, 5.41) is 0. The first kappa shape index (κ1) is 18.5. The van der Waals surface area contributed by atoms with E-state index in [4.69, 9.17) is 0 Å². The van der Waals surface area contributed by atoms with Crippen LogP contribution in [0.25, 0.3) is 22.6 Å². The molecular formula is C20H18FNO2S2. The molecule has 134 valence electrons. The van der Waals surface area contributed by atoms with Crippen LogP contribution in [0.3, 0.4) is 0 Å². The van der Waals surface area contributed by atoms with Crippen LogP contribution in [0, 0.1) is 11.2 Å². The molecule has 0 radical (unpaired) electrons. The molecule has 0 atom stereocenters. The zero-order valence-electron chi connectivity index (χ0n) is 14.6. The molecule has 1 aromatic carbocycles. The number of Topliss-reactive ketones (excluding diaryl/α,β-unsaturated/α-hetero) is 1. The highest BCUT2D eigenvalue weighted by Gasteiger charge is 2.18. The molecule has 0 spiro atoms. The van der Waals surface area contributed by atoms with E-state index in [2.05, 4.69) is 4.98 Å². The first-order valence-electron chi connectivity index (χ1n) is 8.05. The zero-order chi connectivity index (χ0) is 18.9. The number of benzene rings is 1. The van der Waals surface area contributed by atoms with Crippen molar-refractivity contribution in [2.24, 2.45) is 5.41 Å². The maximum absolute atomic E-state index is 13.0. The van der Waals surface area contributed by atoms with Crippen LogP contribution in [-0.4, -0.2) is 10.8 Å². The summed E-state index contributed by atoms with van der Waals surface area (Å²) >= 11 is 2.78. The van der Waals surface area contributed by atoms with E-state index in [9.17, 15) is 14.0 Å². The highest BCUT2D eigenvalue weighted by Crippen LogP contribution is 2.28. The van der Waals surface area contributed by atoms with Gasteiger partial charge in [-0.05, 0) is 35.9 Å². The molecule has 1 N–H and O–H groups in total. The molecule has 0 saturated heterocycles. The number of hydrogen-bond acceptors (Lipinski definition) is 4. The van der Waals surface area contributed by atoms with Gasteiger partial charge in [-0.3, -0.25) is 9.59 Å². The van der Waals surface area contributed by atoms with Gasteiger partial charge in [0, 0.05) is 21.2 Å². The first-order chi connectivity index (χ1) is 12.2. The van der Waals surface area contributed by atoms with Gasteiger partial charge in [-0.25, -0.2) is 4.39 Å². The van der Waals surface area contributed by atoms with Gasteiger partial charge in [0.1, 0.15) is 5.82 Å². The molecular weight excluding hydrogens is 369 g/mol. The Hall–Kier alpha value is -2.31. The summed E-state index contributed by atoms with van der Waals surface area (Å²) in [5.74, 6) is -0.299. The Bertz CT molecular complexity index is 1110. The second-order valence-electron chi connectivity index (χ2n) is 6.90. The van der Waals surface area contributed by atoms with E-state index < -0.39 is 5.41 Å². The minimum Gasteiger partial charge on any atom is -0.313 e. The van der Waals surface area contributed by atoms with Gasteiger partial charge in [-0.15, -0.1) is 22.7 Å². The lowest BCUT2D eigenvalue weighted by molar-refractivity contribution is -0.119. The number of rotatable bonds is 3. The molecule has 3 nitrogen and oxygen atoms in total. The molecule has 0 aliphatic rings. The second-order valence-corrected chi connectivity index (χ2v) is 9.10. The van der Waals surface area contributed by atoms with Gasteiger partial charge in [0.2, 0.25) is 0 Å². The predicted octanol–water partition coefficient (Wildman–Crippen LogP) is 3.53. The number of aromatic amines is 1. The largest absolute Gasteiger partial charge is 0.313 e. The van der Waals surface area contributed by atoms with E-state index in [0.717, 1.165) is 15.3 Å². The predicted molar refractivity (Wildman–Crippen MR) is 106 cm³/mol. The monoisotopic (exact) mass is 387 g/mol. The van der Waals surface area contributed by atoms with Crippen molar-refractivity contribution in [2.45, 2.75) is 20.8 Å². The summed E-state index contributed by atoms with van der Waals surface area (Å²) in [6, 6.07) is 10.2. The van der Waals surface area contributed by atoms with Crippen LogP contribution in [-0.2, 0) is 4.79 Å². The van der Waals surface area contributed by atoms with Crippen LogP contribution in [0.4, 0.5) is 4.39 Å². The highest BCUT2D eigenvalue weighted by molar-refractivity contribution is 7.16. The molecule has 2 heterocycles. The molecule has 0 unspecified atom stereocenters. The Morgan fingerprint density at radius 1 is 1.08 bits per heavy atom. The van der Waals surface area contributed by atoms with Gasteiger partial charge in [-0.2, -0.15) is 0 Å². The third-order valence-electron chi connectivity index (χ3n) is 3.71. The Morgan fingerprint density at radius 2 is 1.77 bits per heavy atom. The molecule has 0 bridgehead atoms. The van der Waals surface area contributed by atoms with Crippen molar-refractivity contribution in [3.05, 3.63) is 66.6 Å². The van der Waals surface area contributed by atoms with Crippen molar-refractivity contribution < 1.29 is 9.18 Å². The average Bonchev–Trinajstić information content (AvgIpc) is 3.15. The first-order valence-corrected chi connectivity index (χ1v) is 9.68. The lowest BCUT2D eigenvalue weighted by atomic mass is 9.91. The second kappa shape index (κ2) is 7.13. The Balaban J connectivity index is 1.94. The number of nitrogens with one attached hydrogen (secondary N) is 1. The number of hydrogen-bond donors (Lipinski definition) is 1. The van der Waals surface area contributed by atoms with Gasteiger partial charge in [0.05, 0.1) is 9.20 Å². The summed E-state index contributed by atoms with van der Waals surface area (Å²) in [6.07, 6.45) is 3.29. The lowest BCUT2D eigenvalue weighted by Gasteiger charge is -2.12. The smallest absolute Gasteiger partial charge is 0.266 e. The van der Waals surface area contributed by atoms with E-state index >= 15 is 0 Å². The summed E-state index contributed by atoms with van der Waals surface area (Å²) in [7, 11) is 0. The topological polar surface area (TPSA) is 49.9 Å². The number of aromatic nitrogens is 1. The third kappa shape index (κ3) is 4.26. The fraction of sp³-hybridized carbons (Fsp3) is 0.200. The third-order valence-corrected chi connectivity index (χ3v) is 5.76. The number of carbonyl (C=O) groups is 1. The minimum absolute atomic E-state index is 0.0312. The normalized spacial score (nSPS) is 13.4. The van der Waals surface area contributed by atoms with Crippen LogP contribution in [0.2, 0.25) is 0 Å². The lowest BCUT2D eigenvalue weighted by Crippen LogP contribution is -2.21. The molecule has 0 amide bonds. The van der Waals surface area contributed by atoms with Crippen LogP contribution < -0.4 is 14.8 Å². The van der Waals surface area contributed by atoms with E-state index in [1.54, 1.807) is 18.2 Å². The maximum atomic E-state index is 13.0. The quantitative estimate of drug-likeness (QED) is 0.747. The van der Waals surface area contributed by atoms with E-state index in [1.807, 2.05) is 32.9 Å². The average molecular weight is 388 g/mol. The molecule has 26 heavy (non-hydrogen) atoms. The summed E-state index contributed by atoms with van der Waals surface area (Å²) in [5.41, 5.74) is 0.239. The summed E-state index contributed by atoms with van der Waals surface area (Å²) in [4.78, 5) is 28.9. The van der Waals surface area contributed by atoms with E-state index in [1.165, 1.54) is 40.9 Å². The molecule has 0 fully saturated rings. The van der Waals surface area contributed by atoms with Gasteiger partial charge in [-0.1, -0.05) is 32.9 Å².